The molecular weight excluding hydrogens is 216 g/mol. The van der Waals surface area contributed by atoms with Crippen molar-refractivity contribution in [2.45, 2.75) is 6.85 Å². The molecule has 0 unspecified atom stereocenters. The smallest absolute Gasteiger partial charge is 0.449 e. The van der Waals surface area contributed by atoms with Gasteiger partial charge in [0, 0.05) is 9.68 Å². The summed E-state index contributed by atoms with van der Waals surface area (Å²) in [4.78, 5) is 10.8. The molecule has 0 aliphatic heterocycles. The molecule has 2 aromatic carbocycles. The highest BCUT2D eigenvalue weighted by atomic mass is 16.7. The highest BCUT2D eigenvalue weighted by Crippen LogP contribution is 2.29. The van der Waals surface area contributed by atoms with Crippen LogP contribution in [0.1, 0.15) is 15.2 Å². The minimum absolute atomic E-state index is 0.0489. The predicted molar refractivity (Wildman–Crippen MR) is 65.3 cm³/mol. The van der Waals surface area contributed by atoms with Gasteiger partial charge in [-0.15, -0.1) is 0 Å². The van der Waals surface area contributed by atoms with E-state index in [-0.39, 0.29) is 16.7 Å². The highest BCUT2D eigenvalue weighted by Gasteiger charge is 2.08. The lowest BCUT2D eigenvalue weighted by molar-refractivity contribution is 0.144. The summed E-state index contributed by atoms with van der Waals surface area (Å²) < 4.78 is 57.6. The molecule has 0 saturated heterocycles. The summed E-state index contributed by atoms with van der Waals surface area (Å²) in [5.74, 6) is -0.532. The van der Waals surface area contributed by atoms with Crippen molar-refractivity contribution in [3.8, 4) is 16.9 Å². The molecule has 0 amide bonds. The topological polar surface area (TPSA) is 46.5 Å². The molecule has 1 N–H and O–H groups in total. The molecule has 2 aromatic rings. The molecule has 0 heterocycles. The molecule has 0 aliphatic carbocycles. The quantitative estimate of drug-likeness (QED) is 0.637. The molecule has 0 bridgehead atoms. The number of carbonyl (C=O) groups is 1. The van der Waals surface area contributed by atoms with Gasteiger partial charge in [0.1, 0.15) is 5.75 Å². The molecule has 3 heteroatoms. The maximum Gasteiger partial charge on any atom is 0.511 e. The maximum atomic E-state index is 10.8. The van der Waals surface area contributed by atoms with Crippen LogP contribution in [0.25, 0.3) is 11.1 Å². The van der Waals surface area contributed by atoms with Crippen molar-refractivity contribution in [1.29, 1.82) is 0 Å². The first-order valence-corrected chi connectivity index (χ1v) is 4.66. The van der Waals surface area contributed by atoms with Crippen LogP contribution < -0.4 is 4.74 Å². The molecule has 0 spiro atoms. The minimum atomic E-state index is -2.32. The Morgan fingerprint density at radius 1 is 1.29 bits per heavy atom. The largest absolute Gasteiger partial charge is 0.511 e. The number of hydrogen-bond acceptors (Lipinski definition) is 2. The predicted octanol–water partition coefficient (Wildman–Crippen LogP) is 3.72. The van der Waals surface area contributed by atoms with Crippen molar-refractivity contribution in [2.24, 2.45) is 0 Å². The molecule has 3 nitrogen and oxygen atoms in total. The van der Waals surface area contributed by atoms with Gasteiger partial charge in [0.2, 0.25) is 0 Å². The third-order valence-corrected chi connectivity index (χ3v) is 2.02. The van der Waals surface area contributed by atoms with Gasteiger partial charge in [0.15, 0.2) is 0 Å². The molecule has 0 aliphatic rings. The van der Waals surface area contributed by atoms with Gasteiger partial charge in [-0.2, -0.15) is 0 Å². The Morgan fingerprint density at radius 2 is 2.00 bits per heavy atom. The van der Waals surface area contributed by atoms with Crippen LogP contribution in [0.2, 0.25) is 0 Å². The number of aryl methyl sites for hydroxylation is 1. The normalized spacial score (nSPS) is 16.6. The zero-order valence-corrected chi connectivity index (χ0v) is 8.57. The van der Waals surface area contributed by atoms with Crippen LogP contribution in [-0.4, -0.2) is 11.3 Å². The average Bonchev–Trinajstić information content (AvgIpc) is 2.50. The van der Waals surface area contributed by atoms with E-state index >= 15 is 0 Å². The van der Waals surface area contributed by atoms with Crippen LogP contribution in [-0.2, 0) is 0 Å². The molecule has 17 heavy (non-hydrogen) atoms. The van der Waals surface area contributed by atoms with Crippen LogP contribution in [0.4, 0.5) is 4.79 Å². The molecule has 0 radical (unpaired) electrons. The van der Waals surface area contributed by atoms with Crippen LogP contribution in [0.3, 0.4) is 0 Å². The van der Waals surface area contributed by atoms with Gasteiger partial charge >= 0.3 is 6.16 Å². The van der Waals surface area contributed by atoms with Crippen LogP contribution >= 0.6 is 0 Å². The lowest BCUT2D eigenvalue weighted by atomic mass is 10.0. The summed E-state index contributed by atoms with van der Waals surface area (Å²) in [5.41, 5.74) is 0.111. The monoisotopic (exact) mass is 235 g/mol. The van der Waals surface area contributed by atoms with Gasteiger partial charge in [-0.1, -0.05) is 48.0 Å². The van der Waals surface area contributed by atoms with Gasteiger partial charge in [-0.3, -0.25) is 0 Å². The third kappa shape index (κ3) is 2.64. The zero-order chi connectivity index (χ0) is 18.2. The SMILES string of the molecule is [2H]c1c([2H])c([2H])c(-c2ccc(C([2H])([2H])[2H])cc2)c(OC(=O)O)c1[2H]. The van der Waals surface area contributed by atoms with Crippen molar-refractivity contribution >= 4 is 6.16 Å². The van der Waals surface area contributed by atoms with Crippen LogP contribution in [0, 0.1) is 6.85 Å². The summed E-state index contributed by atoms with van der Waals surface area (Å²) >= 11 is 0. The highest BCUT2D eigenvalue weighted by molar-refractivity contribution is 5.74. The fourth-order valence-electron chi connectivity index (χ4n) is 1.31. The van der Waals surface area contributed by atoms with Gasteiger partial charge < -0.3 is 9.84 Å². The van der Waals surface area contributed by atoms with Gasteiger partial charge in [-0.05, 0) is 18.5 Å². The molecule has 0 atom stereocenters. The Balaban J connectivity index is 2.70. The fraction of sp³-hybridized carbons (Fsp3) is 0.0714. The standard InChI is InChI=1S/C14H12O3/c1-10-6-8-11(9-7-10)12-4-2-3-5-13(12)17-14(15)16/h2-9H,1H3,(H,15,16)/i1D3,2D,3D,4D,5D. The summed E-state index contributed by atoms with van der Waals surface area (Å²) in [6.45, 7) is -2.32. The van der Waals surface area contributed by atoms with Crippen molar-refractivity contribution < 1.29 is 24.2 Å². The van der Waals surface area contributed by atoms with E-state index < -0.39 is 42.9 Å². The maximum absolute atomic E-state index is 10.8. The lowest BCUT2D eigenvalue weighted by Crippen LogP contribution is -2.03. The first kappa shape index (κ1) is 5.36. The minimum Gasteiger partial charge on any atom is -0.449 e. The van der Waals surface area contributed by atoms with E-state index in [1.807, 2.05) is 0 Å². The van der Waals surface area contributed by atoms with Crippen molar-refractivity contribution in [3.63, 3.8) is 0 Å². The van der Waals surface area contributed by atoms with Crippen molar-refractivity contribution in [2.75, 3.05) is 0 Å². The first-order valence-electron chi connectivity index (χ1n) is 8.16. The average molecular weight is 235 g/mol. The second kappa shape index (κ2) is 4.70. The molecule has 0 fully saturated rings. The Labute approximate surface area is 109 Å². The number of benzene rings is 2. The number of para-hydroxylation sites is 1. The molecule has 0 aromatic heterocycles. The molecule has 86 valence electrons. The van der Waals surface area contributed by atoms with Crippen LogP contribution in [0.15, 0.2) is 48.4 Å². The number of rotatable bonds is 2. The lowest BCUT2D eigenvalue weighted by Gasteiger charge is -2.08. The molecule has 2 rings (SSSR count). The van der Waals surface area contributed by atoms with Gasteiger partial charge in [0.05, 0.1) is 5.48 Å². The van der Waals surface area contributed by atoms with Gasteiger partial charge in [-0.25, -0.2) is 4.79 Å². The summed E-state index contributed by atoms with van der Waals surface area (Å²) in [7, 11) is 0. The van der Waals surface area contributed by atoms with Crippen molar-refractivity contribution in [1.82, 2.24) is 0 Å². The fourth-order valence-corrected chi connectivity index (χ4v) is 1.31. The second-order valence-corrected chi connectivity index (χ2v) is 3.15. The number of hydrogen-bond donors (Lipinski definition) is 1. The van der Waals surface area contributed by atoms with E-state index in [1.54, 1.807) is 0 Å². The number of carboxylic acid groups (broad SMARTS) is 1. The zero-order valence-electron chi connectivity index (χ0n) is 15.6. The van der Waals surface area contributed by atoms with Gasteiger partial charge in [0.25, 0.3) is 0 Å². The summed E-state index contributed by atoms with van der Waals surface area (Å²) in [6.07, 6.45) is -1.72. The Morgan fingerprint density at radius 3 is 2.65 bits per heavy atom. The molecule has 0 saturated carbocycles. The number of ether oxygens (including phenoxy) is 1. The van der Waals surface area contributed by atoms with E-state index in [0.717, 1.165) is 0 Å². The second-order valence-electron chi connectivity index (χ2n) is 3.15. The van der Waals surface area contributed by atoms with E-state index in [1.165, 1.54) is 24.3 Å². The van der Waals surface area contributed by atoms with Crippen LogP contribution in [0.5, 0.6) is 5.75 Å². The Bertz CT molecular complexity index is 798. The first-order chi connectivity index (χ1) is 11.0. The Kier molecular flexibility index (Phi) is 1.48. The van der Waals surface area contributed by atoms with E-state index in [2.05, 4.69) is 4.74 Å². The summed E-state index contributed by atoms with van der Waals surface area (Å²) in [6, 6.07) is 2.97. The Hall–Kier alpha value is -2.29. The van der Waals surface area contributed by atoms with E-state index in [9.17, 15) is 4.79 Å². The third-order valence-electron chi connectivity index (χ3n) is 2.02. The van der Waals surface area contributed by atoms with Crippen molar-refractivity contribution in [3.05, 3.63) is 54.0 Å². The molecular formula is C14H12O3. The van der Waals surface area contributed by atoms with E-state index in [0.29, 0.717) is 0 Å². The summed E-state index contributed by atoms with van der Waals surface area (Å²) in [5, 5.41) is 8.82. The van der Waals surface area contributed by atoms with E-state index in [4.69, 9.17) is 14.7 Å².